The SMILES string of the molecule is CC(C)C(=O)COc1ccc(OCCNCS)nc1. The van der Waals surface area contributed by atoms with E-state index in [-0.39, 0.29) is 18.3 Å². The van der Waals surface area contributed by atoms with E-state index in [4.69, 9.17) is 9.47 Å². The van der Waals surface area contributed by atoms with Crippen LogP contribution in [0.5, 0.6) is 11.6 Å². The summed E-state index contributed by atoms with van der Waals surface area (Å²) in [6.45, 7) is 5.01. The number of nitrogens with one attached hydrogen (secondary N) is 1. The highest BCUT2D eigenvalue weighted by Crippen LogP contribution is 2.13. The summed E-state index contributed by atoms with van der Waals surface area (Å²) in [5, 5.41) is 3.02. The highest BCUT2D eigenvalue weighted by Gasteiger charge is 2.08. The molecule has 0 aliphatic rings. The van der Waals surface area contributed by atoms with Crippen LogP contribution in [0.25, 0.3) is 0 Å². The lowest BCUT2D eigenvalue weighted by molar-refractivity contribution is -0.123. The first-order valence-corrected chi connectivity index (χ1v) is 6.82. The summed E-state index contributed by atoms with van der Waals surface area (Å²) in [6.07, 6.45) is 1.55. The third-order valence-electron chi connectivity index (χ3n) is 2.37. The zero-order valence-corrected chi connectivity index (χ0v) is 12.2. The Hall–Kier alpha value is -1.27. The Morgan fingerprint density at radius 2 is 2.21 bits per heavy atom. The first kappa shape index (κ1) is 15.8. The molecule has 0 aromatic carbocycles. The fraction of sp³-hybridized carbons (Fsp3) is 0.538. The Bertz CT molecular complexity index is 382. The van der Waals surface area contributed by atoms with Gasteiger partial charge in [0.25, 0.3) is 0 Å². The predicted octanol–water partition coefficient (Wildman–Crippen LogP) is 1.54. The summed E-state index contributed by atoms with van der Waals surface area (Å²) in [7, 11) is 0. The summed E-state index contributed by atoms with van der Waals surface area (Å²) >= 11 is 4.02. The molecule has 0 unspecified atom stereocenters. The van der Waals surface area contributed by atoms with Crippen LogP contribution in [0.1, 0.15) is 13.8 Å². The fourth-order valence-electron chi connectivity index (χ4n) is 1.17. The van der Waals surface area contributed by atoms with Crippen molar-refractivity contribution >= 4 is 18.4 Å². The molecule has 1 rings (SSSR count). The van der Waals surface area contributed by atoms with Crippen LogP contribution >= 0.6 is 12.6 Å². The smallest absolute Gasteiger partial charge is 0.213 e. The van der Waals surface area contributed by atoms with E-state index in [1.165, 1.54) is 0 Å². The highest BCUT2D eigenvalue weighted by molar-refractivity contribution is 7.80. The average molecular weight is 284 g/mol. The lowest BCUT2D eigenvalue weighted by atomic mass is 10.1. The van der Waals surface area contributed by atoms with E-state index in [1.807, 2.05) is 13.8 Å². The quantitative estimate of drug-likeness (QED) is 0.409. The molecule has 1 aromatic heterocycles. The second kappa shape index (κ2) is 8.77. The molecule has 0 amide bonds. The van der Waals surface area contributed by atoms with Crippen molar-refractivity contribution in [3.05, 3.63) is 18.3 Å². The van der Waals surface area contributed by atoms with Gasteiger partial charge in [-0.05, 0) is 6.07 Å². The van der Waals surface area contributed by atoms with Crippen LogP contribution < -0.4 is 14.8 Å². The normalized spacial score (nSPS) is 10.5. The number of carbonyl (C=O) groups is 1. The van der Waals surface area contributed by atoms with Gasteiger partial charge < -0.3 is 14.8 Å². The monoisotopic (exact) mass is 284 g/mol. The number of nitrogens with zero attached hydrogens (tertiary/aromatic N) is 1. The minimum atomic E-state index is -0.0186. The Kier molecular flexibility index (Phi) is 7.28. The van der Waals surface area contributed by atoms with Crippen LogP contribution in [0.4, 0.5) is 0 Å². The molecule has 19 heavy (non-hydrogen) atoms. The van der Waals surface area contributed by atoms with Gasteiger partial charge in [0.2, 0.25) is 5.88 Å². The van der Waals surface area contributed by atoms with E-state index in [0.717, 1.165) is 0 Å². The van der Waals surface area contributed by atoms with E-state index in [2.05, 4.69) is 22.9 Å². The maximum Gasteiger partial charge on any atom is 0.213 e. The summed E-state index contributed by atoms with van der Waals surface area (Å²) < 4.78 is 10.7. The summed E-state index contributed by atoms with van der Waals surface area (Å²) in [6, 6.07) is 3.46. The molecule has 0 saturated heterocycles. The van der Waals surface area contributed by atoms with Crippen LogP contribution in [0.15, 0.2) is 18.3 Å². The summed E-state index contributed by atoms with van der Waals surface area (Å²) in [5.41, 5.74) is 0. The van der Waals surface area contributed by atoms with Crippen LogP contribution in [0, 0.1) is 5.92 Å². The van der Waals surface area contributed by atoms with Crippen LogP contribution in [-0.2, 0) is 4.79 Å². The van der Waals surface area contributed by atoms with Crippen molar-refractivity contribution in [1.29, 1.82) is 0 Å². The Morgan fingerprint density at radius 3 is 2.79 bits per heavy atom. The van der Waals surface area contributed by atoms with Gasteiger partial charge in [-0.3, -0.25) is 4.79 Å². The second-order valence-corrected chi connectivity index (χ2v) is 4.56. The zero-order valence-electron chi connectivity index (χ0n) is 11.3. The maximum atomic E-state index is 11.4. The minimum absolute atomic E-state index is 0.0186. The average Bonchev–Trinajstić information content (AvgIpc) is 2.42. The first-order chi connectivity index (χ1) is 9.13. The number of ether oxygens (including phenoxy) is 2. The molecule has 0 fully saturated rings. The lowest BCUT2D eigenvalue weighted by Crippen LogP contribution is -2.19. The van der Waals surface area contributed by atoms with E-state index in [1.54, 1.807) is 18.3 Å². The first-order valence-electron chi connectivity index (χ1n) is 6.19. The fourth-order valence-corrected chi connectivity index (χ4v) is 1.32. The number of carbonyl (C=O) groups excluding carboxylic acids is 1. The Balaban J connectivity index is 2.33. The van der Waals surface area contributed by atoms with Gasteiger partial charge in [0.1, 0.15) is 19.0 Å². The molecule has 106 valence electrons. The van der Waals surface area contributed by atoms with Gasteiger partial charge in [0, 0.05) is 24.4 Å². The van der Waals surface area contributed by atoms with Crippen molar-refractivity contribution in [3.8, 4) is 11.6 Å². The molecular weight excluding hydrogens is 264 g/mol. The third kappa shape index (κ3) is 6.45. The number of thiol groups is 1. The molecule has 0 aliphatic heterocycles. The topological polar surface area (TPSA) is 60.5 Å². The molecule has 0 radical (unpaired) electrons. The number of pyridine rings is 1. The van der Waals surface area contributed by atoms with Gasteiger partial charge in [-0.25, -0.2) is 4.98 Å². The van der Waals surface area contributed by atoms with Crippen molar-refractivity contribution in [2.45, 2.75) is 13.8 Å². The standard InChI is InChI=1S/C13H20N2O3S/c1-10(2)12(16)8-18-11-3-4-13(15-7-11)17-6-5-14-9-19/h3-4,7,10,14,19H,5-6,8-9H2,1-2H3. The Labute approximate surface area is 119 Å². The van der Waals surface area contributed by atoms with Crippen LogP contribution in [0.3, 0.4) is 0 Å². The number of rotatable bonds is 9. The van der Waals surface area contributed by atoms with E-state index in [9.17, 15) is 4.79 Å². The number of Topliss-reactive ketones (excluding diaryl/α,β-unsaturated/α-hetero) is 1. The van der Waals surface area contributed by atoms with Gasteiger partial charge in [0.15, 0.2) is 5.78 Å². The van der Waals surface area contributed by atoms with Gasteiger partial charge in [0.05, 0.1) is 6.20 Å². The van der Waals surface area contributed by atoms with Gasteiger partial charge in [-0.15, -0.1) is 0 Å². The maximum absolute atomic E-state index is 11.4. The molecule has 0 aliphatic carbocycles. The van der Waals surface area contributed by atoms with Crippen molar-refractivity contribution in [3.63, 3.8) is 0 Å². The van der Waals surface area contributed by atoms with Crippen molar-refractivity contribution < 1.29 is 14.3 Å². The van der Waals surface area contributed by atoms with Crippen molar-refractivity contribution in [1.82, 2.24) is 10.3 Å². The van der Waals surface area contributed by atoms with Gasteiger partial charge in [-0.2, -0.15) is 12.6 Å². The molecule has 1 N–H and O–H groups in total. The highest BCUT2D eigenvalue weighted by atomic mass is 32.1. The molecule has 1 aromatic rings. The van der Waals surface area contributed by atoms with Crippen LogP contribution in [-0.4, -0.2) is 36.4 Å². The molecule has 0 spiro atoms. The molecule has 1 heterocycles. The number of aromatic nitrogens is 1. The van der Waals surface area contributed by atoms with Crippen molar-refractivity contribution in [2.24, 2.45) is 5.92 Å². The number of ketones is 1. The van der Waals surface area contributed by atoms with Crippen molar-refractivity contribution in [2.75, 3.05) is 25.6 Å². The second-order valence-electron chi connectivity index (χ2n) is 4.25. The third-order valence-corrected chi connectivity index (χ3v) is 2.60. The number of hydrogen-bond acceptors (Lipinski definition) is 6. The van der Waals surface area contributed by atoms with E-state index < -0.39 is 0 Å². The van der Waals surface area contributed by atoms with Gasteiger partial charge in [-0.1, -0.05) is 13.8 Å². The van der Waals surface area contributed by atoms with Crippen LogP contribution in [0.2, 0.25) is 0 Å². The minimum Gasteiger partial charge on any atom is -0.484 e. The molecule has 0 atom stereocenters. The lowest BCUT2D eigenvalue weighted by Gasteiger charge is -2.08. The molecule has 5 nitrogen and oxygen atoms in total. The number of hydrogen-bond donors (Lipinski definition) is 2. The predicted molar refractivity (Wildman–Crippen MR) is 76.9 cm³/mol. The zero-order chi connectivity index (χ0) is 14.1. The molecular formula is C13H20N2O3S. The van der Waals surface area contributed by atoms with Gasteiger partial charge >= 0.3 is 0 Å². The summed E-state index contributed by atoms with van der Waals surface area (Å²) in [4.78, 5) is 15.5. The molecule has 0 bridgehead atoms. The molecule has 6 heteroatoms. The summed E-state index contributed by atoms with van der Waals surface area (Å²) in [5.74, 6) is 1.76. The van der Waals surface area contributed by atoms with E-state index in [0.29, 0.717) is 30.7 Å². The Morgan fingerprint density at radius 1 is 1.42 bits per heavy atom. The van der Waals surface area contributed by atoms with E-state index >= 15 is 0 Å². The molecule has 0 saturated carbocycles. The largest absolute Gasteiger partial charge is 0.484 e.